The van der Waals surface area contributed by atoms with Crippen LogP contribution >= 0.6 is 0 Å². The van der Waals surface area contributed by atoms with Gasteiger partial charge in [0.25, 0.3) is 5.69 Å². The second-order valence-electron chi connectivity index (χ2n) is 8.59. The Hall–Kier alpha value is -4.25. The second-order valence-corrected chi connectivity index (χ2v) is 10.2. The van der Waals surface area contributed by atoms with E-state index in [-0.39, 0.29) is 11.4 Å². The van der Waals surface area contributed by atoms with Gasteiger partial charge in [0.1, 0.15) is 11.6 Å². The maximum absolute atomic E-state index is 11.6. The Balaban J connectivity index is 1.67. The lowest BCUT2D eigenvalue weighted by Gasteiger charge is -2.33. The molecule has 0 saturated carbocycles. The van der Waals surface area contributed by atoms with Crippen molar-refractivity contribution in [3.05, 3.63) is 94.0 Å². The summed E-state index contributed by atoms with van der Waals surface area (Å²) in [6, 6.07) is 20.7. The fourth-order valence-electron chi connectivity index (χ4n) is 4.62. The molecular weight excluding hydrogens is 482 g/mol. The number of amidine groups is 1. The van der Waals surface area contributed by atoms with Gasteiger partial charge in [-0.25, -0.2) is 4.99 Å². The van der Waals surface area contributed by atoms with Gasteiger partial charge in [-0.2, -0.15) is 8.42 Å². The van der Waals surface area contributed by atoms with Gasteiger partial charge in [-0.1, -0.05) is 42.5 Å². The quantitative estimate of drug-likeness (QED) is 0.308. The van der Waals surface area contributed by atoms with Gasteiger partial charge >= 0.3 is 10.1 Å². The molecule has 0 amide bonds. The fourth-order valence-corrected chi connectivity index (χ4v) is 5.08. The van der Waals surface area contributed by atoms with Gasteiger partial charge in [0, 0.05) is 25.2 Å². The molecule has 0 spiro atoms. The van der Waals surface area contributed by atoms with Crippen LogP contribution in [-0.4, -0.2) is 49.4 Å². The number of nitro benzene ring substituents is 1. The molecule has 2 aliphatic heterocycles. The summed E-state index contributed by atoms with van der Waals surface area (Å²) in [4.78, 5) is 22.5. The predicted molar refractivity (Wildman–Crippen MR) is 136 cm³/mol. The Kier molecular flexibility index (Phi) is 5.71. The van der Waals surface area contributed by atoms with Crippen LogP contribution in [-0.2, 0) is 15.7 Å². The lowest BCUT2D eigenvalue weighted by Crippen LogP contribution is -2.46. The minimum absolute atomic E-state index is 0.0000406. The third-order valence-corrected chi connectivity index (χ3v) is 6.63. The van der Waals surface area contributed by atoms with Crippen molar-refractivity contribution in [2.24, 2.45) is 15.7 Å². The van der Waals surface area contributed by atoms with Crippen LogP contribution in [0.1, 0.15) is 17.5 Å². The molecule has 0 radical (unpaired) electrons. The number of guanidine groups is 1. The fraction of sp³-hybridized carbons (Fsp3) is 0.200. The average Bonchev–Trinajstić information content (AvgIpc) is 3.17. The van der Waals surface area contributed by atoms with Crippen LogP contribution in [0.2, 0.25) is 0 Å². The lowest BCUT2D eigenvalue weighted by atomic mass is 9.81. The van der Waals surface area contributed by atoms with Gasteiger partial charge in [-0.15, -0.1) is 0 Å². The summed E-state index contributed by atoms with van der Waals surface area (Å²) < 4.78 is 28.1. The Morgan fingerprint density at radius 1 is 1.03 bits per heavy atom. The third-order valence-electron chi connectivity index (χ3n) is 6.13. The highest BCUT2D eigenvalue weighted by atomic mass is 32.2. The van der Waals surface area contributed by atoms with Crippen molar-refractivity contribution in [2.45, 2.75) is 12.0 Å². The van der Waals surface area contributed by atoms with E-state index in [4.69, 9.17) is 19.9 Å². The number of nitro groups is 1. The smallest absolute Gasteiger partial charge is 0.306 e. The molecule has 0 bridgehead atoms. The van der Waals surface area contributed by atoms with Crippen molar-refractivity contribution in [1.29, 1.82) is 0 Å². The molecule has 1 unspecified atom stereocenters. The van der Waals surface area contributed by atoms with E-state index in [1.807, 2.05) is 35.2 Å². The zero-order valence-electron chi connectivity index (χ0n) is 19.4. The molecule has 2 N–H and O–H groups in total. The van der Waals surface area contributed by atoms with Gasteiger partial charge in [-0.3, -0.25) is 20.0 Å². The predicted octanol–water partition coefficient (Wildman–Crippen LogP) is 3.28. The maximum atomic E-state index is 11.6. The van der Waals surface area contributed by atoms with Crippen LogP contribution in [0.15, 0.2) is 82.8 Å². The minimum Gasteiger partial charge on any atom is -0.383 e. The summed E-state index contributed by atoms with van der Waals surface area (Å²) in [5.41, 5.74) is 8.26. The minimum atomic E-state index is -3.68. The summed E-state index contributed by atoms with van der Waals surface area (Å²) in [7, 11) is -3.68. The molecule has 0 saturated heterocycles. The van der Waals surface area contributed by atoms with Crippen molar-refractivity contribution in [3.8, 4) is 16.9 Å². The first-order valence-corrected chi connectivity index (χ1v) is 13.0. The number of hydrogen-bond acceptors (Lipinski definition) is 9. The molecule has 11 heteroatoms. The molecule has 3 aromatic carbocycles. The molecular formula is C25H23N5O5S. The molecule has 2 aliphatic rings. The van der Waals surface area contributed by atoms with Gasteiger partial charge in [0.15, 0.2) is 11.5 Å². The summed E-state index contributed by atoms with van der Waals surface area (Å²) >= 11 is 0. The SMILES string of the molecule is CS(=O)(=O)Oc1ccc(C2(c3cccc(-c4cccc([N+](=O)[O-])c4)c3)N=C(N)N3CCCN=C32)cc1. The van der Waals surface area contributed by atoms with Crippen LogP contribution in [0, 0.1) is 10.1 Å². The molecule has 0 aromatic heterocycles. The van der Waals surface area contributed by atoms with Crippen molar-refractivity contribution in [3.63, 3.8) is 0 Å². The van der Waals surface area contributed by atoms with E-state index < -0.39 is 20.6 Å². The molecule has 1 atom stereocenters. The van der Waals surface area contributed by atoms with Gasteiger partial charge in [0.05, 0.1) is 11.2 Å². The molecule has 36 heavy (non-hydrogen) atoms. The van der Waals surface area contributed by atoms with E-state index in [0.29, 0.717) is 30.4 Å². The van der Waals surface area contributed by atoms with Crippen LogP contribution in [0.3, 0.4) is 0 Å². The highest BCUT2D eigenvalue weighted by molar-refractivity contribution is 7.86. The highest BCUT2D eigenvalue weighted by Crippen LogP contribution is 2.43. The van der Waals surface area contributed by atoms with Crippen LogP contribution in [0.25, 0.3) is 11.1 Å². The first-order chi connectivity index (χ1) is 17.2. The number of nitrogens with two attached hydrogens (primary N) is 1. The van der Waals surface area contributed by atoms with Crippen molar-refractivity contribution >= 4 is 27.6 Å². The summed E-state index contributed by atoms with van der Waals surface area (Å²) in [6.45, 7) is 1.30. The van der Waals surface area contributed by atoms with Crippen LogP contribution in [0.4, 0.5) is 5.69 Å². The number of benzene rings is 3. The molecule has 5 rings (SSSR count). The topological polar surface area (TPSA) is 140 Å². The average molecular weight is 506 g/mol. The standard InChI is InChI=1S/C25H23N5O5S/c1-36(33,34)35-22-11-9-19(10-12-22)25(23-27-13-4-14-29(23)24(26)28-25)20-7-2-5-17(15-20)18-6-3-8-21(16-18)30(31)32/h2-3,5-12,15-16H,4,13-14H2,1H3,(H2,26,28). The van der Waals surface area contributed by atoms with E-state index in [1.165, 1.54) is 12.1 Å². The molecule has 184 valence electrons. The second kappa shape index (κ2) is 8.76. The first-order valence-electron chi connectivity index (χ1n) is 11.2. The Morgan fingerprint density at radius 2 is 1.72 bits per heavy atom. The maximum Gasteiger partial charge on any atom is 0.306 e. The van der Waals surface area contributed by atoms with E-state index in [2.05, 4.69) is 0 Å². The number of rotatable bonds is 6. The van der Waals surface area contributed by atoms with Crippen molar-refractivity contribution in [2.75, 3.05) is 19.3 Å². The number of non-ortho nitro benzene ring substituents is 1. The van der Waals surface area contributed by atoms with Crippen LogP contribution < -0.4 is 9.92 Å². The van der Waals surface area contributed by atoms with Gasteiger partial charge in [-0.05, 0) is 46.9 Å². The largest absolute Gasteiger partial charge is 0.383 e. The highest BCUT2D eigenvalue weighted by Gasteiger charge is 2.49. The van der Waals surface area contributed by atoms with E-state index in [0.717, 1.165) is 29.4 Å². The number of fused-ring (bicyclic) bond motifs is 1. The van der Waals surface area contributed by atoms with E-state index in [1.54, 1.807) is 30.3 Å². The Morgan fingerprint density at radius 3 is 2.42 bits per heavy atom. The van der Waals surface area contributed by atoms with Gasteiger partial charge in [0.2, 0.25) is 0 Å². The van der Waals surface area contributed by atoms with Crippen LogP contribution in [0.5, 0.6) is 5.75 Å². The zero-order valence-corrected chi connectivity index (χ0v) is 20.2. The molecule has 0 aliphatic carbocycles. The Labute approximate surface area is 208 Å². The zero-order chi connectivity index (χ0) is 25.5. The summed E-state index contributed by atoms with van der Waals surface area (Å²) in [5.74, 6) is 1.20. The molecule has 2 heterocycles. The lowest BCUT2D eigenvalue weighted by molar-refractivity contribution is -0.384. The number of hydrogen-bond donors (Lipinski definition) is 1. The summed E-state index contributed by atoms with van der Waals surface area (Å²) in [5, 5.41) is 11.3. The molecule has 3 aromatic rings. The van der Waals surface area contributed by atoms with E-state index >= 15 is 0 Å². The normalized spacial score (nSPS) is 19.3. The number of nitrogens with zero attached hydrogens (tertiary/aromatic N) is 4. The molecule has 0 fully saturated rings. The molecule has 10 nitrogen and oxygen atoms in total. The monoisotopic (exact) mass is 505 g/mol. The Bertz CT molecular complexity index is 1520. The van der Waals surface area contributed by atoms with E-state index in [9.17, 15) is 18.5 Å². The van der Waals surface area contributed by atoms with Crippen molar-refractivity contribution < 1.29 is 17.5 Å². The third kappa shape index (κ3) is 4.17. The number of aliphatic imine (C=N–C) groups is 2. The first kappa shape index (κ1) is 23.5. The van der Waals surface area contributed by atoms with Gasteiger partial charge < -0.3 is 9.92 Å². The van der Waals surface area contributed by atoms with Crippen molar-refractivity contribution in [1.82, 2.24) is 4.90 Å². The summed E-state index contributed by atoms with van der Waals surface area (Å²) in [6.07, 6.45) is 1.82.